The summed E-state index contributed by atoms with van der Waals surface area (Å²) in [6, 6.07) is 43.1. The predicted octanol–water partition coefficient (Wildman–Crippen LogP) is 10.7. The van der Waals surface area contributed by atoms with Crippen LogP contribution in [0, 0.1) is 0 Å². The maximum Gasteiger partial charge on any atom is 0.588 e. The van der Waals surface area contributed by atoms with E-state index >= 15 is 0 Å². The molecule has 1 atom stereocenters. The molecule has 1 aliphatic carbocycles. The van der Waals surface area contributed by atoms with Crippen molar-refractivity contribution in [2.24, 2.45) is 0 Å². The van der Waals surface area contributed by atoms with Crippen LogP contribution >= 0.6 is 7.82 Å². The van der Waals surface area contributed by atoms with Gasteiger partial charge >= 0.3 is 7.82 Å². The van der Waals surface area contributed by atoms with E-state index in [0.29, 0.717) is 11.5 Å². The smallest absolute Gasteiger partial charge is 0.395 e. The summed E-state index contributed by atoms with van der Waals surface area (Å²) >= 11 is 0. The first-order valence-corrected chi connectivity index (χ1v) is 16.5. The second-order valence-electron chi connectivity index (χ2n) is 13.3. The minimum Gasteiger partial charge on any atom is -0.395 e. The van der Waals surface area contributed by atoms with Gasteiger partial charge in [-0.1, -0.05) is 124 Å². The first-order valence-electron chi connectivity index (χ1n) is 15.1. The normalized spacial score (nSPS) is 15.1. The van der Waals surface area contributed by atoms with Gasteiger partial charge in [-0.3, -0.25) is 4.52 Å². The number of hydrogen-bond donors (Lipinski definition) is 0. The fraction of sp³-hybridized carbons (Fsp3) is 0.231. The number of rotatable bonds is 7. The van der Waals surface area contributed by atoms with Crippen molar-refractivity contribution < 1.29 is 18.1 Å². The third-order valence-corrected chi connectivity index (χ3v) is 9.63. The van der Waals surface area contributed by atoms with Crippen molar-refractivity contribution in [3.8, 4) is 22.6 Å². The summed E-state index contributed by atoms with van der Waals surface area (Å²) in [5, 5.41) is 0. The van der Waals surface area contributed by atoms with Crippen molar-refractivity contribution in [1.82, 2.24) is 0 Å². The van der Waals surface area contributed by atoms with E-state index in [0.717, 1.165) is 5.56 Å². The molecule has 0 fully saturated rings. The Hall–Kier alpha value is -4.11. The maximum absolute atomic E-state index is 14.0. The summed E-state index contributed by atoms with van der Waals surface area (Å²) in [6.45, 7) is 12.2. The van der Waals surface area contributed by atoms with E-state index in [1.807, 2.05) is 51.1 Å². The van der Waals surface area contributed by atoms with Crippen LogP contribution in [0.15, 0.2) is 127 Å². The van der Waals surface area contributed by atoms with Crippen LogP contribution in [-0.4, -0.2) is 5.60 Å². The first-order chi connectivity index (χ1) is 20.9. The Morgan fingerprint density at radius 1 is 0.523 bits per heavy atom. The van der Waals surface area contributed by atoms with E-state index in [1.165, 1.54) is 33.4 Å². The minimum absolute atomic E-state index is 0.0427. The molecule has 0 heterocycles. The Bertz CT molecular complexity index is 1770. The Balaban J connectivity index is 1.46. The lowest BCUT2D eigenvalue weighted by atomic mass is 9.67. The zero-order valence-electron chi connectivity index (χ0n) is 26.2. The fourth-order valence-electron chi connectivity index (χ4n) is 6.14. The lowest BCUT2D eigenvalue weighted by Gasteiger charge is -2.34. The highest BCUT2D eigenvalue weighted by molar-refractivity contribution is 7.49. The molecule has 1 aliphatic rings. The van der Waals surface area contributed by atoms with Crippen molar-refractivity contribution in [3.05, 3.63) is 155 Å². The van der Waals surface area contributed by atoms with E-state index in [2.05, 4.69) is 106 Å². The molecule has 0 radical (unpaired) electrons. The molecule has 0 amide bonds. The van der Waals surface area contributed by atoms with Gasteiger partial charge in [0.05, 0.1) is 11.0 Å². The Morgan fingerprint density at radius 2 is 0.955 bits per heavy atom. The lowest BCUT2D eigenvalue weighted by Crippen LogP contribution is -2.28. The van der Waals surface area contributed by atoms with Gasteiger partial charge in [0.2, 0.25) is 0 Å². The quantitative estimate of drug-likeness (QED) is 0.171. The number of benzene rings is 5. The molecular weight excluding hydrogens is 563 g/mol. The van der Waals surface area contributed by atoms with Crippen LogP contribution in [0.4, 0.5) is 0 Å². The number of fused-ring (bicyclic) bond motifs is 3. The molecule has 5 aromatic rings. The Labute approximate surface area is 261 Å². The van der Waals surface area contributed by atoms with Gasteiger partial charge in [0, 0.05) is 0 Å². The monoisotopic (exact) mass is 602 g/mol. The van der Waals surface area contributed by atoms with Gasteiger partial charge in [-0.05, 0) is 89.4 Å². The predicted molar refractivity (Wildman–Crippen MR) is 179 cm³/mol. The Morgan fingerprint density at radius 3 is 1.43 bits per heavy atom. The van der Waals surface area contributed by atoms with Crippen LogP contribution in [0.5, 0.6) is 11.5 Å². The molecule has 44 heavy (non-hydrogen) atoms. The van der Waals surface area contributed by atoms with Gasteiger partial charge in [0.25, 0.3) is 0 Å². The van der Waals surface area contributed by atoms with Crippen LogP contribution in [-0.2, 0) is 19.9 Å². The molecular formula is C39H39O4P. The molecule has 0 spiro atoms. The molecule has 0 saturated carbocycles. The number of para-hydroxylation sites is 1. The standard InChI is InChI=1S/C39H39O4P/c1-37(2,3)28-20-22-29(23-21-28)39(35-18-12-10-16-33(35)34-17-11-13-19-36(34)39)30-24-26-32(27-25-30)42-44(40,43-38(4,5)6)41-31-14-8-7-9-15-31/h7-27H,1-6H3. The zero-order chi connectivity index (χ0) is 31.2. The van der Waals surface area contributed by atoms with Crippen LogP contribution in [0.2, 0.25) is 0 Å². The summed E-state index contributed by atoms with van der Waals surface area (Å²) < 4.78 is 31.7. The van der Waals surface area contributed by atoms with Crippen molar-refractivity contribution in [2.45, 2.75) is 58.0 Å². The van der Waals surface area contributed by atoms with Crippen molar-refractivity contribution in [2.75, 3.05) is 0 Å². The summed E-state index contributed by atoms with van der Waals surface area (Å²) in [4.78, 5) is 0. The second-order valence-corrected chi connectivity index (χ2v) is 14.8. The lowest BCUT2D eigenvalue weighted by molar-refractivity contribution is 0.0882. The van der Waals surface area contributed by atoms with Crippen LogP contribution in [0.1, 0.15) is 69.4 Å². The molecule has 224 valence electrons. The van der Waals surface area contributed by atoms with Crippen LogP contribution in [0.3, 0.4) is 0 Å². The Kier molecular flexibility index (Phi) is 7.56. The summed E-state index contributed by atoms with van der Waals surface area (Å²) in [7, 11) is -4.03. The van der Waals surface area contributed by atoms with E-state index in [-0.39, 0.29) is 5.41 Å². The average molecular weight is 603 g/mol. The topological polar surface area (TPSA) is 44.8 Å². The molecule has 4 nitrogen and oxygen atoms in total. The average Bonchev–Trinajstić information content (AvgIpc) is 3.28. The summed E-state index contributed by atoms with van der Waals surface area (Å²) in [5.74, 6) is 0.809. The number of phosphoric acid groups is 1. The van der Waals surface area contributed by atoms with Gasteiger partial charge in [0.1, 0.15) is 11.5 Å². The summed E-state index contributed by atoms with van der Waals surface area (Å²) in [6.07, 6.45) is 0. The number of phosphoric ester groups is 1. The highest BCUT2D eigenvalue weighted by Gasteiger charge is 2.46. The zero-order valence-corrected chi connectivity index (χ0v) is 27.1. The van der Waals surface area contributed by atoms with Crippen LogP contribution < -0.4 is 9.05 Å². The maximum atomic E-state index is 14.0. The van der Waals surface area contributed by atoms with Gasteiger partial charge in [-0.15, -0.1) is 0 Å². The molecule has 6 rings (SSSR count). The van der Waals surface area contributed by atoms with Crippen molar-refractivity contribution in [3.63, 3.8) is 0 Å². The molecule has 0 aliphatic heterocycles. The van der Waals surface area contributed by atoms with Gasteiger partial charge in [0.15, 0.2) is 0 Å². The van der Waals surface area contributed by atoms with Gasteiger partial charge in [-0.2, -0.15) is 0 Å². The largest absolute Gasteiger partial charge is 0.588 e. The fourth-order valence-corrected chi connectivity index (χ4v) is 7.68. The molecule has 1 unspecified atom stereocenters. The molecule has 5 aromatic carbocycles. The third kappa shape index (κ3) is 5.61. The SMILES string of the molecule is CC(C)(C)OP(=O)(Oc1ccccc1)Oc1ccc(C2(c3ccc(C(C)(C)C)cc3)c3ccccc3-c3ccccc32)cc1. The minimum atomic E-state index is -4.03. The van der Waals surface area contributed by atoms with E-state index in [9.17, 15) is 4.57 Å². The highest BCUT2D eigenvalue weighted by atomic mass is 31.2. The van der Waals surface area contributed by atoms with Crippen LogP contribution in [0.25, 0.3) is 11.1 Å². The van der Waals surface area contributed by atoms with E-state index < -0.39 is 18.8 Å². The van der Waals surface area contributed by atoms with E-state index in [4.69, 9.17) is 13.6 Å². The van der Waals surface area contributed by atoms with Crippen molar-refractivity contribution >= 4 is 7.82 Å². The van der Waals surface area contributed by atoms with Gasteiger partial charge < -0.3 is 9.05 Å². The molecule has 0 aromatic heterocycles. The molecule has 0 N–H and O–H groups in total. The summed E-state index contributed by atoms with van der Waals surface area (Å²) in [5.41, 5.74) is 7.20. The van der Waals surface area contributed by atoms with Gasteiger partial charge in [-0.25, -0.2) is 4.57 Å². The van der Waals surface area contributed by atoms with Crippen molar-refractivity contribution in [1.29, 1.82) is 0 Å². The third-order valence-electron chi connectivity index (χ3n) is 7.99. The highest BCUT2D eigenvalue weighted by Crippen LogP contribution is 2.57. The first kappa shape index (κ1) is 29.9. The van der Waals surface area contributed by atoms with E-state index in [1.54, 1.807) is 12.1 Å². The number of hydrogen-bond acceptors (Lipinski definition) is 4. The molecule has 0 bridgehead atoms. The molecule has 0 saturated heterocycles. The second kappa shape index (κ2) is 11.1. The molecule has 5 heteroatoms.